The smallest absolute Gasteiger partial charge is 0.252 e. The fourth-order valence-electron chi connectivity index (χ4n) is 2.94. The summed E-state index contributed by atoms with van der Waals surface area (Å²) < 4.78 is 32.9. The Bertz CT molecular complexity index is 1110. The number of carbonyl (C=O) groups excluding carboxylic acids is 1. The van der Waals surface area contributed by atoms with Crippen LogP contribution in [0.1, 0.15) is 30.1 Å². The number of fused-ring (bicyclic) bond motifs is 1. The Labute approximate surface area is 180 Å². The van der Waals surface area contributed by atoms with Crippen LogP contribution in [0.5, 0.6) is 0 Å². The van der Waals surface area contributed by atoms with Crippen LogP contribution < -0.4 is 10.0 Å². The van der Waals surface area contributed by atoms with Gasteiger partial charge >= 0.3 is 0 Å². The maximum atomic E-state index is 12.9. The van der Waals surface area contributed by atoms with Crippen molar-refractivity contribution in [2.24, 2.45) is 0 Å². The van der Waals surface area contributed by atoms with Gasteiger partial charge in [0.25, 0.3) is 5.91 Å². The molecule has 0 spiro atoms. The van der Waals surface area contributed by atoms with E-state index in [1.165, 1.54) is 23.5 Å². The number of benzene rings is 1. The normalized spacial score (nSPS) is 11.7. The van der Waals surface area contributed by atoms with Gasteiger partial charge in [0, 0.05) is 25.6 Å². The Balaban J connectivity index is 2.06. The van der Waals surface area contributed by atoms with Crippen LogP contribution in [0, 0.1) is 0 Å². The molecule has 1 aromatic carbocycles. The van der Waals surface area contributed by atoms with Crippen LogP contribution in [-0.4, -0.2) is 46.1 Å². The number of thiophene rings is 1. The summed E-state index contributed by atoms with van der Waals surface area (Å²) in [5.41, 5.74) is 1.61. The molecule has 2 aromatic heterocycles. The van der Waals surface area contributed by atoms with Crippen LogP contribution in [0.25, 0.3) is 21.5 Å². The minimum atomic E-state index is -3.67. The molecule has 160 valence electrons. The summed E-state index contributed by atoms with van der Waals surface area (Å²) in [6, 6.07) is 10.2. The highest BCUT2D eigenvalue weighted by molar-refractivity contribution is 7.89. The number of hydrogen-bond donors (Lipinski definition) is 2. The van der Waals surface area contributed by atoms with Gasteiger partial charge in [0.15, 0.2) is 0 Å². The lowest BCUT2D eigenvalue weighted by atomic mass is 10.1. The minimum Gasteiger partial charge on any atom is -0.383 e. The first-order valence-corrected chi connectivity index (χ1v) is 12.1. The standard InChI is InChI=1S/C21H25N3O4S2/c1-3-4-9-23-30(26,27)15-7-8-18-16(13-15)17(21(25)22-10-11-28-2)14-19(24-18)20-6-5-12-29-20/h5-8,12-14,23H,3-4,9-11H2,1-2H3,(H,22,25). The van der Waals surface area contributed by atoms with Crippen molar-refractivity contribution in [3.8, 4) is 10.6 Å². The van der Waals surface area contributed by atoms with Gasteiger partial charge in [0.05, 0.1) is 33.2 Å². The number of ether oxygens (including phenoxy) is 1. The molecule has 0 unspecified atom stereocenters. The van der Waals surface area contributed by atoms with E-state index < -0.39 is 10.0 Å². The molecule has 3 aromatic rings. The van der Waals surface area contributed by atoms with Gasteiger partial charge in [-0.3, -0.25) is 4.79 Å². The molecule has 0 aliphatic rings. The molecule has 2 heterocycles. The van der Waals surface area contributed by atoms with Gasteiger partial charge in [-0.25, -0.2) is 18.1 Å². The zero-order valence-electron chi connectivity index (χ0n) is 17.0. The lowest BCUT2D eigenvalue weighted by Crippen LogP contribution is -2.27. The van der Waals surface area contributed by atoms with E-state index in [1.54, 1.807) is 19.2 Å². The van der Waals surface area contributed by atoms with Crippen LogP contribution >= 0.6 is 11.3 Å². The van der Waals surface area contributed by atoms with Crippen LogP contribution in [0.4, 0.5) is 0 Å². The Morgan fingerprint density at radius 1 is 1.20 bits per heavy atom. The van der Waals surface area contributed by atoms with E-state index in [0.29, 0.717) is 41.9 Å². The molecule has 0 saturated carbocycles. The van der Waals surface area contributed by atoms with Gasteiger partial charge in [0.2, 0.25) is 10.0 Å². The van der Waals surface area contributed by atoms with E-state index in [-0.39, 0.29) is 10.8 Å². The molecule has 2 N–H and O–H groups in total. The van der Waals surface area contributed by atoms with Gasteiger partial charge in [-0.05, 0) is 42.1 Å². The number of carbonyl (C=O) groups is 1. The van der Waals surface area contributed by atoms with Crippen molar-refractivity contribution in [1.82, 2.24) is 15.0 Å². The summed E-state index contributed by atoms with van der Waals surface area (Å²) >= 11 is 1.52. The molecular weight excluding hydrogens is 422 g/mol. The van der Waals surface area contributed by atoms with Crippen molar-refractivity contribution in [3.63, 3.8) is 0 Å². The second-order valence-electron chi connectivity index (χ2n) is 6.71. The largest absolute Gasteiger partial charge is 0.383 e. The summed E-state index contributed by atoms with van der Waals surface area (Å²) in [5.74, 6) is -0.300. The fraction of sp³-hybridized carbons (Fsp3) is 0.333. The van der Waals surface area contributed by atoms with Crippen molar-refractivity contribution < 1.29 is 17.9 Å². The van der Waals surface area contributed by atoms with Crippen LogP contribution in [0.3, 0.4) is 0 Å². The third kappa shape index (κ3) is 5.23. The number of rotatable bonds is 10. The van der Waals surface area contributed by atoms with E-state index >= 15 is 0 Å². The number of unbranched alkanes of at least 4 members (excludes halogenated alkanes) is 1. The Kier molecular flexibility index (Phi) is 7.54. The SMILES string of the molecule is CCCCNS(=O)(=O)c1ccc2nc(-c3cccs3)cc(C(=O)NCCOC)c2c1. The molecule has 7 nitrogen and oxygen atoms in total. The van der Waals surface area contributed by atoms with Gasteiger partial charge in [-0.1, -0.05) is 19.4 Å². The highest BCUT2D eigenvalue weighted by Gasteiger charge is 2.19. The predicted octanol–water partition coefficient (Wildman–Crippen LogP) is 3.42. The summed E-state index contributed by atoms with van der Waals surface area (Å²) in [6.07, 6.45) is 1.65. The summed E-state index contributed by atoms with van der Waals surface area (Å²) in [4.78, 5) is 18.6. The van der Waals surface area contributed by atoms with Gasteiger partial charge in [-0.15, -0.1) is 11.3 Å². The first kappa shape index (κ1) is 22.4. The van der Waals surface area contributed by atoms with Crippen LogP contribution in [0.2, 0.25) is 0 Å². The summed E-state index contributed by atoms with van der Waals surface area (Å²) in [7, 11) is -2.11. The second kappa shape index (κ2) is 10.1. The monoisotopic (exact) mass is 447 g/mol. The van der Waals surface area contributed by atoms with Crippen molar-refractivity contribution >= 4 is 38.2 Å². The van der Waals surface area contributed by atoms with Crippen molar-refractivity contribution in [2.45, 2.75) is 24.7 Å². The van der Waals surface area contributed by atoms with Crippen LogP contribution in [0.15, 0.2) is 46.7 Å². The van der Waals surface area contributed by atoms with E-state index in [2.05, 4.69) is 15.0 Å². The zero-order valence-corrected chi connectivity index (χ0v) is 18.6. The highest BCUT2D eigenvalue weighted by Crippen LogP contribution is 2.29. The predicted molar refractivity (Wildman–Crippen MR) is 119 cm³/mol. The molecular formula is C21H25N3O4S2. The molecule has 0 aliphatic heterocycles. The van der Waals surface area contributed by atoms with Crippen molar-refractivity contribution in [1.29, 1.82) is 0 Å². The Morgan fingerprint density at radius 2 is 2.03 bits per heavy atom. The maximum Gasteiger partial charge on any atom is 0.252 e. The second-order valence-corrected chi connectivity index (χ2v) is 9.43. The molecule has 0 atom stereocenters. The molecule has 0 bridgehead atoms. The topological polar surface area (TPSA) is 97.4 Å². The third-order valence-electron chi connectivity index (χ3n) is 4.52. The molecule has 0 aliphatic carbocycles. The number of methoxy groups -OCH3 is 1. The number of aromatic nitrogens is 1. The lowest BCUT2D eigenvalue weighted by molar-refractivity contribution is 0.0938. The molecule has 0 fully saturated rings. The van der Waals surface area contributed by atoms with E-state index in [9.17, 15) is 13.2 Å². The summed E-state index contributed by atoms with van der Waals surface area (Å²) in [6.45, 7) is 3.10. The summed E-state index contributed by atoms with van der Waals surface area (Å²) in [5, 5.41) is 5.24. The maximum absolute atomic E-state index is 12.9. The highest BCUT2D eigenvalue weighted by atomic mass is 32.2. The van der Waals surface area contributed by atoms with E-state index in [1.807, 2.05) is 24.4 Å². The van der Waals surface area contributed by atoms with Gasteiger partial charge < -0.3 is 10.1 Å². The van der Waals surface area contributed by atoms with E-state index in [0.717, 1.165) is 17.7 Å². The molecule has 3 rings (SSSR count). The first-order valence-electron chi connectivity index (χ1n) is 9.71. The van der Waals surface area contributed by atoms with Gasteiger partial charge in [0.1, 0.15) is 0 Å². The fourth-order valence-corrected chi connectivity index (χ4v) is 4.73. The number of hydrogen-bond acceptors (Lipinski definition) is 6. The molecule has 0 radical (unpaired) electrons. The number of nitrogens with one attached hydrogen (secondary N) is 2. The van der Waals surface area contributed by atoms with Crippen LogP contribution in [-0.2, 0) is 14.8 Å². The molecule has 9 heteroatoms. The number of pyridine rings is 1. The molecule has 30 heavy (non-hydrogen) atoms. The Hall–Kier alpha value is -2.33. The Morgan fingerprint density at radius 3 is 2.73 bits per heavy atom. The number of sulfonamides is 1. The number of amides is 1. The molecule has 0 saturated heterocycles. The third-order valence-corrected chi connectivity index (χ3v) is 6.87. The number of nitrogens with zero attached hydrogens (tertiary/aromatic N) is 1. The lowest BCUT2D eigenvalue weighted by Gasteiger charge is -2.12. The quantitative estimate of drug-likeness (QED) is 0.464. The average molecular weight is 448 g/mol. The van der Waals surface area contributed by atoms with Crippen molar-refractivity contribution in [3.05, 3.63) is 47.3 Å². The van der Waals surface area contributed by atoms with Gasteiger partial charge in [-0.2, -0.15) is 0 Å². The molecule has 1 amide bonds. The minimum absolute atomic E-state index is 0.114. The average Bonchev–Trinajstić information content (AvgIpc) is 3.27. The van der Waals surface area contributed by atoms with Crippen molar-refractivity contribution in [2.75, 3.05) is 26.8 Å². The zero-order chi connectivity index (χ0) is 21.6. The van der Waals surface area contributed by atoms with E-state index in [4.69, 9.17) is 4.74 Å². The first-order chi connectivity index (χ1) is 14.5.